The number of hydrogen-bond donors (Lipinski definition) is 2. The first-order chi connectivity index (χ1) is 12.4. The molecule has 3 rings (SSSR count). The third kappa shape index (κ3) is 4.44. The van der Waals surface area contributed by atoms with Crippen molar-refractivity contribution >= 4 is 11.9 Å². The second kappa shape index (κ2) is 8.21. The molecular formula is C21H29NO4. The third-order valence-electron chi connectivity index (χ3n) is 6.09. The van der Waals surface area contributed by atoms with E-state index in [-0.39, 0.29) is 11.1 Å². The lowest BCUT2D eigenvalue weighted by Crippen LogP contribution is -2.48. The van der Waals surface area contributed by atoms with Crippen LogP contribution in [0.2, 0.25) is 0 Å². The summed E-state index contributed by atoms with van der Waals surface area (Å²) < 4.78 is 0. The minimum atomic E-state index is -1.07. The molecule has 5 heteroatoms. The SMILES string of the molecule is CC1CC(Cc2cc(C(=O)O)cc(C(=O)O)c2)CCN1C1CCCCC1. The van der Waals surface area contributed by atoms with Crippen molar-refractivity contribution in [3.05, 3.63) is 34.9 Å². The summed E-state index contributed by atoms with van der Waals surface area (Å²) in [5.74, 6) is -1.67. The molecule has 2 aliphatic rings. The molecule has 2 fully saturated rings. The molecule has 0 aromatic heterocycles. The molecule has 2 N–H and O–H groups in total. The first kappa shape index (κ1) is 18.9. The average molecular weight is 359 g/mol. The van der Waals surface area contributed by atoms with Gasteiger partial charge in [0.05, 0.1) is 11.1 Å². The first-order valence-corrected chi connectivity index (χ1v) is 9.80. The van der Waals surface area contributed by atoms with Crippen LogP contribution in [0.5, 0.6) is 0 Å². The Balaban J connectivity index is 1.66. The summed E-state index contributed by atoms with van der Waals surface area (Å²) >= 11 is 0. The second-order valence-corrected chi connectivity index (χ2v) is 8.00. The number of aromatic carboxylic acids is 2. The summed E-state index contributed by atoms with van der Waals surface area (Å²) in [4.78, 5) is 25.3. The molecule has 1 saturated heterocycles. The maximum atomic E-state index is 11.3. The number of rotatable bonds is 5. The van der Waals surface area contributed by atoms with Gasteiger partial charge < -0.3 is 10.2 Å². The molecule has 0 amide bonds. The Labute approximate surface area is 155 Å². The number of piperidine rings is 1. The molecule has 1 aliphatic carbocycles. The molecule has 0 radical (unpaired) electrons. The summed E-state index contributed by atoms with van der Waals surface area (Å²) in [6.07, 6.45) is 9.64. The van der Waals surface area contributed by atoms with Gasteiger partial charge in [-0.05, 0) is 75.3 Å². The first-order valence-electron chi connectivity index (χ1n) is 9.80. The highest BCUT2D eigenvalue weighted by Crippen LogP contribution is 2.32. The maximum Gasteiger partial charge on any atom is 0.335 e. The molecule has 1 aromatic rings. The smallest absolute Gasteiger partial charge is 0.335 e. The van der Waals surface area contributed by atoms with Crippen molar-refractivity contribution in [1.29, 1.82) is 0 Å². The number of carboxylic acid groups (broad SMARTS) is 2. The zero-order chi connectivity index (χ0) is 18.7. The van der Waals surface area contributed by atoms with Crippen LogP contribution in [0.25, 0.3) is 0 Å². The van der Waals surface area contributed by atoms with Crippen molar-refractivity contribution in [1.82, 2.24) is 4.90 Å². The predicted octanol–water partition coefficient (Wildman–Crippen LogP) is 4.06. The van der Waals surface area contributed by atoms with Crippen LogP contribution in [0, 0.1) is 5.92 Å². The molecule has 1 aliphatic heterocycles. The van der Waals surface area contributed by atoms with Gasteiger partial charge in [0, 0.05) is 12.1 Å². The number of likely N-dealkylation sites (tertiary alicyclic amines) is 1. The Morgan fingerprint density at radius 2 is 1.62 bits per heavy atom. The van der Waals surface area contributed by atoms with Crippen LogP contribution in [0.1, 0.15) is 78.1 Å². The molecule has 2 unspecified atom stereocenters. The Morgan fingerprint density at radius 1 is 1.00 bits per heavy atom. The van der Waals surface area contributed by atoms with Gasteiger partial charge in [-0.2, -0.15) is 0 Å². The van der Waals surface area contributed by atoms with Gasteiger partial charge in [-0.1, -0.05) is 19.3 Å². The summed E-state index contributed by atoms with van der Waals surface area (Å²) in [7, 11) is 0. The zero-order valence-electron chi connectivity index (χ0n) is 15.5. The molecular weight excluding hydrogens is 330 g/mol. The Bertz CT molecular complexity index is 634. The van der Waals surface area contributed by atoms with Crippen LogP contribution in [0.3, 0.4) is 0 Å². The molecule has 26 heavy (non-hydrogen) atoms. The van der Waals surface area contributed by atoms with E-state index in [1.807, 2.05) is 0 Å². The molecule has 5 nitrogen and oxygen atoms in total. The van der Waals surface area contributed by atoms with Gasteiger partial charge in [-0.15, -0.1) is 0 Å². The fraction of sp³-hybridized carbons (Fsp3) is 0.619. The van der Waals surface area contributed by atoms with Gasteiger partial charge in [-0.25, -0.2) is 9.59 Å². The normalized spacial score (nSPS) is 25.1. The van der Waals surface area contributed by atoms with Crippen LogP contribution >= 0.6 is 0 Å². The third-order valence-corrected chi connectivity index (χ3v) is 6.09. The van der Waals surface area contributed by atoms with Gasteiger partial charge >= 0.3 is 11.9 Å². The van der Waals surface area contributed by atoms with E-state index < -0.39 is 11.9 Å². The predicted molar refractivity (Wildman–Crippen MR) is 99.8 cm³/mol. The van der Waals surface area contributed by atoms with Gasteiger partial charge in [0.2, 0.25) is 0 Å². The highest BCUT2D eigenvalue weighted by molar-refractivity contribution is 5.94. The fourth-order valence-corrected chi connectivity index (χ4v) is 4.82. The van der Waals surface area contributed by atoms with E-state index in [0.717, 1.165) is 37.4 Å². The van der Waals surface area contributed by atoms with Crippen LogP contribution in [-0.2, 0) is 6.42 Å². The summed E-state index contributed by atoms with van der Waals surface area (Å²) in [6, 6.07) is 5.77. The van der Waals surface area contributed by atoms with Crippen molar-refractivity contribution in [3.63, 3.8) is 0 Å². The largest absolute Gasteiger partial charge is 0.478 e. The van der Waals surface area contributed by atoms with E-state index in [2.05, 4.69) is 11.8 Å². The van der Waals surface area contributed by atoms with Crippen LogP contribution in [-0.4, -0.2) is 45.7 Å². The Morgan fingerprint density at radius 3 is 2.15 bits per heavy atom. The molecule has 1 heterocycles. The molecule has 2 atom stereocenters. The summed E-state index contributed by atoms with van der Waals surface area (Å²) in [6.45, 7) is 3.40. The lowest BCUT2D eigenvalue weighted by atomic mass is 9.83. The van der Waals surface area contributed by atoms with E-state index in [0.29, 0.717) is 12.0 Å². The molecule has 1 aromatic carbocycles. The van der Waals surface area contributed by atoms with Crippen molar-refractivity contribution in [2.24, 2.45) is 5.92 Å². The van der Waals surface area contributed by atoms with Crippen molar-refractivity contribution < 1.29 is 19.8 Å². The fourth-order valence-electron chi connectivity index (χ4n) is 4.82. The second-order valence-electron chi connectivity index (χ2n) is 8.00. The number of benzene rings is 1. The van der Waals surface area contributed by atoms with E-state index in [1.165, 1.54) is 38.2 Å². The maximum absolute atomic E-state index is 11.3. The molecule has 1 saturated carbocycles. The van der Waals surface area contributed by atoms with Crippen LogP contribution < -0.4 is 0 Å². The van der Waals surface area contributed by atoms with Crippen molar-refractivity contribution in [3.8, 4) is 0 Å². The Hall–Kier alpha value is -1.88. The average Bonchev–Trinajstić information content (AvgIpc) is 2.62. The van der Waals surface area contributed by atoms with E-state index >= 15 is 0 Å². The lowest BCUT2D eigenvalue weighted by Gasteiger charge is -2.44. The monoisotopic (exact) mass is 359 g/mol. The number of hydrogen-bond acceptors (Lipinski definition) is 3. The minimum Gasteiger partial charge on any atom is -0.478 e. The van der Waals surface area contributed by atoms with Crippen LogP contribution in [0.15, 0.2) is 18.2 Å². The minimum absolute atomic E-state index is 0.0626. The van der Waals surface area contributed by atoms with Gasteiger partial charge in [0.15, 0.2) is 0 Å². The highest BCUT2D eigenvalue weighted by atomic mass is 16.4. The molecule has 0 spiro atoms. The lowest BCUT2D eigenvalue weighted by molar-refractivity contribution is 0.0585. The quantitative estimate of drug-likeness (QED) is 0.829. The number of carbonyl (C=O) groups is 2. The van der Waals surface area contributed by atoms with Crippen molar-refractivity contribution in [2.75, 3.05) is 6.54 Å². The summed E-state index contributed by atoms with van der Waals surface area (Å²) in [5.41, 5.74) is 0.950. The van der Waals surface area contributed by atoms with Gasteiger partial charge in [0.25, 0.3) is 0 Å². The molecule has 0 bridgehead atoms. The van der Waals surface area contributed by atoms with Crippen LogP contribution in [0.4, 0.5) is 0 Å². The topological polar surface area (TPSA) is 77.8 Å². The van der Waals surface area contributed by atoms with Gasteiger partial charge in [-0.3, -0.25) is 4.90 Å². The van der Waals surface area contributed by atoms with Crippen molar-refractivity contribution in [2.45, 2.75) is 70.4 Å². The van der Waals surface area contributed by atoms with Gasteiger partial charge in [0.1, 0.15) is 0 Å². The zero-order valence-corrected chi connectivity index (χ0v) is 15.5. The number of nitrogens with zero attached hydrogens (tertiary/aromatic N) is 1. The molecule has 142 valence electrons. The summed E-state index contributed by atoms with van der Waals surface area (Å²) in [5, 5.41) is 18.5. The standard InChI is InChI=1S/C21H29NO4/c1-14-9-15(7-8-22(14)19-5-3-2-4-6-19)10-16-11-17(20(23)24)13-18(12-16)21(25)26/h11-15,19H,2-10H2,1H3,(H,23,24)(H,25,26). The van der Waals surface area contributed by atoms with E-state index in [9.17, 15) is 19.8 Å². The van der Waals surface area contributed by atoms with E-state index in [1.54, 1.807) is 12.1 Å². The number of carboxylic acids is 2. The van der Waals surface area contributed by atoms with E-state index in [4.69, 9.17) is 0 Å². The highest BCUT2D eigenvalue weighted by Gasteiger charge is 2.31. The Kier molecular flexibility index (Phi) is 5.97.